The van der Waals surface area contributed by atoms with E-state index in [0.717, 1.165) is 13.1 Å². The van der Waals surface area contributed by atoms with Crippen LogP contribution in [-0.2, 0) is 6.54 Å². The van der Waals surface area contributed by atoms with E-state index in [1.54, 1.807) is 0 Å². The molecule has 0 spiro atoms. The van der Waals surface area contributed by atoms with E-state index in [1.165, 1.54) is 36.8 Å². The number of nitrogens with one attached hydrogen (secondary N) is 1. The van der Waals surface area contributed by atoms with Crippen molar-refractivity contribution < 1.29 is 0 Å². The zero-order chi connectivity index (χ0) is 11.4. The number of hydrogen-bond acceptors (Lipinski definition) is 2. The second kappa shape index (κ2) is 4.96. The molecule has 0 aromatic carbocycles. The molecule has 0 amide bonds. The Kier molecular flexibility index (Phi) is 3.59. The summed E-state index contributed by atoms with van der Waals surface area (Å²) in [7, 11) is 0. The normalized spacial score (nSPS) is 18.9. The lowest BCUT2D eigenvalue weighted by molar-refractivity contribution is 0.314. The van der Waals surface area contributed by atoms with Crippen LogP contribution in [0.4, 0.5) is 0 Å². The van der Waals surface area contributed by atoms with E-state index >= 15 is 0 Å². The SMILES string of the molecule is Cc1ccncc1CNCC1(C)CCCC1. The van der Waals surface area contributed by atoms with Crippen molar-refractivity contribution in [1.29, 1.82) is 0 Å². The van der Waals surface area contributed by atoms with Gasteiger partial charge in [-0.05, 0) is 42.4 Å². The average Bonchev–Trinajstić information content (AvgIpc) is 2.68. The van der Waals surface area contributed by atoms with Crippen molar-refractivity contribution in [3.63, 3.8) is 0 Å². The molecule has 0 aliphatic heterocycles. The van der Waals surface area contributed by atoms with E-state index in [0.29, 0.717) is 5.41 Å². The van der Waals surface area contributed by atoms with E-state index in [9.17, 15) is 0 Å². The monoisotopic (exact) mass is 218 g/mol. The average molecular weight is 218 g/mol. The van der Waals surface area contributed by atoms with Crippen LogP contribution in [0.2, 0.25) is 0 Å². The van der Waals surface area contributed by atoms with Gasteiger partial charge < -0.3 is 5.32 Å². The van der Waals surface area contributed by atoms with Crippen LogP contribution in [0.5, 0.6) is 0 Å². The fourth-order valence-corrected chi connectivity index (χ4v) is 2.59. The van der Waals surface area contributed by atoms with Crippen LogP contribution >= 0.6 is 0 Å². The fraction of sp³-hybridized carbons (Fsp3) is 0.643. The molecule has 0 radical (unpaired) electrons. The summed E-state index contributed by atoms with van der Waals surface area (Å²) < 4.78 is 0. The minimum Gasteiger partial charge on any atom is -0.312 e. The number of pyridine rings is 1. The number of nitrogens with zero attached hydrogens (tertiary/aromatic N) is 1. The van der Waals surface area contributed by atoms with Crippen LogP contribution in [0.3, 0.4) is 0 Å². The van der Waals surface area contributed by atoms with E-state index in [2.05, 4.69) is 30.2 Å². The molecule has 1 aliphatic rings. The zero-order valence-corrected chi connectivity index (χ0v) is 10.4. The maximum Gasteiger partial charge on any atom is 0.0315 e. The first-order valence-corrected chi connectivity index (χ1v) is 6.30. The maximum atomic E-state index is 4.17. The van der Waals surface area contributed by atoms with Crippen LogP contribution in [0.15, 0.2) is 18.5 Å². The van der Waals surface area contributed by atoms with Crippen molar-refractivity contribution in [1.82, 2.24) is 10.3 Å². The Balaban J connectivity index is 1.82. The smallest absolute Gasteiger partial charge is 0.0315 e. The van der Waals surface area contributed by atoms with Gasteiger partial charge in [0.15, 0.2) is 0 Å². The summed E-state index contributed by atoms with van der Waals surface area (Å²) in [5, 5.41) is 3.58. The molecule has 0 bridgehead atoms. The topological polar surface area (TPSA) is 24.9 Å². The molecule has 1 aliphatic carbocycles. The molecular weight excluding hydrogens is 196 g/mol. The molecule has 16 heavy (non-hydrogen) atoms. The third-order valence-electron chi connectivity index (χ3n) is 3.83. The molecule has 0 saturated heterocycles. The third-order valence-corrected chi connectivity index (χ3v) is 3.83. The lowest BCUT2D eigenvalue weighted by Crippen LogP contribution is -2.29. The summed E-state index contributed by atoms with van der Waals surface area (Å²) >= 11 is 0. The van der Waals surface area contributed by atoms with Gasteiger partial charge in [-0.2, -0.15) is 0 Å². The van der Waals surface area contributed by atoms with E-state index in [4.69, 9.17) is 0 Å². The summed E-state index contributed by atoms with van der Waals surface area (Å²) in [4.78, 5) is 4.17. The van der Waals surface area contributed by atoms with E-state index in [1.807, 2.05) is 12.4 Å². The number of rotatable bonds is 4. The molecule has 1 N–H and O–H groups in total. The molecule has 88 valence electrons. The highest BCUT2D eigenvalue weighted by atomic mass is 14.9. The molecule has 1 fully saturated rings. The van der Waals surface area contributed by atoms with Crippen LogP contribution < -0.4 is 5.32 Å². The van der Waals surface area contributed by atoms with Gasteiger partial charge in [0.25, 0.3) is 0 Å². The first-order valence-electron chi connectivity index (χ1n) is 6.30. The highest BCUT2D eigenvalue weighted by Gasteiger charge is 2.27. The predicted molar refractivity (Wildman–Crippen MR) is 67.3 cm³/mol. The van der Waals surface area contributed by atoms with Crippen molar-refractivity contribution in [3.05, 3.63) is 29.6 Å². The molecule has 1 aromatic rings. The Bertz CT molecular complexity index is 340. The quantitative estimate of drug-likeness (QED) is 0.840. The highest BCUT2D eigenvalue weighted by Crippen LogP contribution is 2.36. The summed E-state index contributed by atoms with van der Waals surface area (Å²) in [6.45, 7) is 6.65. The summed E-state index contributed by atoms with van der Waals surface area (Å²) in [5.74, 6) is 0. The first-order chi connectivity index (χ1) is 7.70. The summed E-state index contributed by atoms with van der Waals surface area (Å²) in [6, 6.07) is 2.08. The Morgan fingerprint density at radius 2 is 2.12 bits per heavy atom. The summed E-state index contributed by atoms with van der Waals surface area (Å²) in [5.41, 5.74) is 3.19. The molecule has 1 saturated carbocycles. The second-order valence-corrected chi connectivity index (χ2v) is 5.42. The molecular formula is C14H22N2. The zero-order valence-electron chi connectivity index (χ0n) is 10.4. The van der Waals surface area contributed by atoms with Gasteiger partial charge in [0.1, 0.15) is 0 Å². The predicted octanol–water partition coefficient (Wildman–Crippen LogP) is 3.06. The van der Waals surface area contributed by atoms with Crippen molar-refractivity contribution in [3.8, 4) is 0 Å². The van der Waals surface area contributed by atoms with Crippen LogP contribution in [-0.4, -0.2) is 11.5 Å². The molecule has 1 heterocycles. The maximum absolute atomic E-state index is 4.17. The van der Waals surface area contributed by atoms with Gasteiger partial charge in [-0.1, -0.05) is 19.8 Å². The standard InChI is InChI=1S/C14H22N2/c1-12-5-8-15-9-13(12)10-16-11-14(2)6-3-4-7-14/h5,8-9,16H,3-4,6-7,10-11H2,1-2H3. The van der Waals surface area contributed by atoms with Gasteiger partial charge in [0, 0.05) is 25.5 Å². The molecule has 2 nitrogen and oxygen atoms in total. The van der Waals surface area contributed by atoms with Crippen molar-refractivity contribution in [2.45, 2.75) is 46.1 Å². The van der Waals surface area contributed by atoms with E-state index in [-0.39, 0.29) is 0 Å². The molecule has 2 heteroatoms. The number of hydrogen-bond donors (Lipinski definition) is 1. The third kappa shape index (κ3) is 2.82. The molecule has 0 atom stereocenters. The van der Waals surface area contributed by atoms with Crippen LogP contribution in [0, 0.1) is 12.3 Å². The molecule has 1 aromatic heterocycles. The lowest BCUT2D eigenvalue weighted by atomic mass is 9.89. The molecule has 2 rings (SSSR count). The lowest BCUT2D eigenvalue weighted by Gasteiger charge is -2.24. The highest BCUT2D eigenvalue weighted by molar-refractivity contribution is 5.21. The Labute approximate surface area is 98.5 Å². The van der Waals surface area contributed by atoms with Gasteiger partial charge in [-0.3, -0.25) is 4.98 Å². The van der Waals surface area contributed by atoms with Gasteiger partial charge in [-0.15, -0.1) is 0 Å². The fourth-order valence-electron chi connectivity index (χ4n) is 2.59. The van der Waals surface area contributed by atoms with Gasteiger partial charge in [0.2, 0.25) is 0 Å². The largest absolute Gasteiger partial charge is 0.312 e. The van der Waals surface area contributed by atoms with Gasteiger partial charge >= 0.3 is 0 Å². The van der Waals surface area contributed by atoms with Crippen molar-refractivity contribution in [2.75, 3.05) is 6.54 Å². The first kappa shape index (κ1) is 11.6. The van der Waals surface area contributed by atoms with Gasteiger partial charge in [0.05, 0.1) is 0 Å². The number of aryl methyl sites for hydroxylation is 1. The Morgan fingerprint density at radius 1 is 1.38 bits per heavy atom. The second-order valence-electron chi connectivity index (χ2n) is 5.42. The van der Waals surface area contributed by atoms with Crippen LogP contribution in [0.1, 0.15) is 43.7 Å². The van der Waals surface area contributed by atoms with Crippen molar-refractivity contribution in [2.24, 2.45) is 5.41 Å². The van der Waals surface area contributed by atoms with E-state index < -0.39 is 0 Å². The van der Waals surface area contributed by atoms with Crippen molar-refractivity contribution >= 4 is 0 Å². The van der Waals surface area contributed by atoms with Crippen LogP contribution in [0.25, 0.3) is 0 Å². The minimum atomic E-state index is 0.538. The minimum absolute atomic E-state index is 0.538. The molecule has 0 unspecified atom stereocenters. The Hall–Kier alpha value is -0.890. The van der Waals surface area contributed by atoms with Gasteiger partial charge in [-0.25, -0.2) is 0 Å². The number of aromatic nitrogens is 1. The Morgan fingerprint density at radius 3 is 2.81 bits per heavy atom. The summed E-state index contributed by atoms with van der Waals surface area (Å²) in [6.07, 6.45) is 9.41.